The van der Waals surface area contributed by atoms with Crippen molar-refractivity contribution in [2.75, 3.05) is 10.8 Å². The molecule has 3 aromatic rings. The van der Waals surface area contributed by atoms with Crippen LogP contribution >= 0.6 is 11.6 Å². The van der Waals surface area contributed by atoms with Gasteiger partial charge in [-0.25, -0.2) is 8.42 Å². The molecule has 0 spiro atoms. The van der Waals surface area contributed by atoms with Crippen LogP contribution in [0.3, 0.4) is 0 Å². The molecule has 0 aliphatic rings. The first kappa shape index (κ1) is 23.8. The molecule has 3 aromatic carbocycles. The summed E-state index contributed by atoms with van der Waals surface area (Å²) in [5.41, 5.74) is 3.39. The number of rotatable bonds is 8. The molecular formula is C25H27ClN2O3S. The second-order valence-electron chi connectivity index (χ2n) is 7.67. The number of carbonyl (C=O) groups is 1. The van der Waals surface area contributed by atoms with Crippen LogP contribution in [0.5, 0.6) is 0 Å². The van der Waals surface area contributed by atoms with Crippen LogP contribution in [-0.4, -0.2) is 20.9 Å². The Balaban J connectivity index is 1.94. The van der Waals surface area contributed by atoms with Crippen molar-refractivity contribution >= 4 is 33.2 Å². The quantitative estimate of drug-likeness (QED) is 0.478. The predicted octanol–water partition coefficient (Wildman–Crippen LogP) is 5.42. The topological polar surface area (TPSA) is 66.5 Å². The number of sulfonamides is 1. The van der Waals surface area contributed by atoms with Crippen LogP contribution < -0.4 is 9.62 Å². The van der Waals surface area contributed by atoms with Crippen molar-refractivity contribution in [3.05, 3.63) is 94.5 Å². The van der Waals surface area contributed by atoms with Gasteiger partial charge in [-0.2, -0.15) is 0 Å². The van der Waals surface area contributed by atoms with Crippen LogP contribution in [-0.2, 0) is 14.8 Å². The largest absolute Gasteiger partial charge is 0.348 e. The van der Waals surface area contributed by atoms with Gasteiger partial charge >= 0.3 is 0 Å². The second-order valence-corrected chi connectivity index (χ2v) is 9.97. The number of amides is 1. The molecule has 0 bridgehead atoms. The van der Waals surface area contributed by atoms with E-state index in [2.05, 4.69) is 5.32 Å². The summed E-state index contributed by atoms with van der Waals surface area (Å²) in [7, 11) is -3.99. The molecule has 0 fully saturated rings. The van der Waals surface area contributed by atoms with Gasteiger partial charge in [0.1, 0.15) is 6.54 Å². The molecule has 32 heavy (non-hydrogen) atoms. The SMILES string of the molecule is CC[C@@H](NC(=O)CN(c1ccc(C)c(C)c1)S(=O)(=O)c1ccc(Cl)cc1)c1ccccc1. The zero-order valence-corrected chi connectivity index (χ0v) is 20.0. The molecule has 0 radical (unpaired) electrons. The lowest BCUT2D eigenvalue weighted by Crippen LogP contribution is -2.42. The molecule has 168 valence electrons. The van der Waals surface area contributed by atoms with Crippen LogP contribution in [0.2, 0.25) is 5.02 Å². The van der Waals surface area contributed by atoms with Crippen molar-refractivity contribution in [3.63, 3.8) is 0 Å². The second kappa shape index (κ2) is 10.2. The van der Waals surface area contributed by atoms with Crippen molar-refractivity contribution in [2.24, 2.45) is 0 Å². The third-order valence-corrected chi connectivity index (χ3v) is 7.45. The Labute approximate surface area is 195 Å². The number of carbonyl (C=O) groups excluding carboxylic acids is 1. The summed E-state index contributed by atoms with van der Waals surface area (Å²) in [6, 6.07) is 20.7. The Morgan fingerprint density at radius 2 is 1.62 bits per heavy atom. The Hall–Kier alpha value is -2.83. The van der Waals surface area contributed by atoms with Gasteiger partial charge in [-0.1, -0.05) is 54.9 Å². The molecule has 0 aliphatic carbocycles. The molecule has 0 saturated heterocycles. The number of hydrogen-bond donors (Lipinski definition) is 1. The summed E-state index contributed by atoms with van der Waals surface area (Å²) >= 11 is 5.94. The van der Waals surface area contributed by atoms with Gasteiger partial charge < -0.3 is 5.32 Å². The van der Waals surface area contributed by atoms with Gasteiger partial charge in [-0.15, -0.1) is 0 Å². The van der Waals surface area contributed by atoms with E-state index in [1.807, 2.05) is 57.2 Å². The smallest absolute Gasteiger partial charge is 0.264 e. The predicted molar refractivity (Wildman–Crippen MR) is 130 cm³/mol. The first-order valence-electron chi connectivity index (χ1n) is 10.4. The highest BCUT2D eigenvalue weighted by atomic mass is 35.5. The highest BCUT2D eigenvalue weighted by Gasteiger charge is 2.28. The minimum atomic E-state index is -3.99. The molecule has 0 aromatic heterocycles. The fourth-order valence-corrected chi connectivity index (χ4v) is 4.95. The summed E-state index contributed by atoms with van der Waals surface area (Å²) in [5, 5.41) is 3.41. The van der Waals surface area contributed by atoms with Crippen LogP contribution in [0, 0.1) is 13.8 Å². The Morgan fingerprint density at radius 1 is 0.969 bits per heavy atom. The first-order chi connectivity index (χ1) is 15.2. The van der Waals surface area contributed by atoms with E-state index in [0.717, 1.165) is 21.0 Å². The van der Waals surface area contributed by atoms with E-state index in [0.29, 0.717) is 17.1 Å². The van der Waals surface area contributed by atoms with E-state index in [-0.39, 0.29) is 23.4 Å². The van der Waals surface area contributed by atoms with Gasteiger partial charge in [-0.05, 0) is 73.4 Å². The standard InChI is InChI=1S/C25H27ClN2O3S/c1-4-24(20-8-6-5-7-9-20)27-25(29)17-28(22-13-10-18(2)19(3)16-22)32(30,31)23-14-11-21(26)12-15-23/h5-16,24H,4,17H2,1-3H3,(H,27,29)/t24-/m1/s1. The number of nitrogens with one attached hydrogen (secondary N) is 1. The van der Waals surface area contributed by atoms with Gasteiger partial charge in [0.25, 0.3) is 10.0 Å². The maximum Gasteiger partial charge on any atom is 0.264 e. The van der Waals surface area contributed by atoms with E-state index >= 15 is 0 Å². The van der Waals surface area contributed by atoms with E-state index in [1.54, 1.807) is 12.1 Å². The molecule has 0 aliphatic heterocycles. The molecule has 1 atom stereocenters. The van der Waals surface area contributed by atoms with Crippen LogP contribution in [0.25, 0.3) is 0 Å². The number of anilines is 1. The molecule has 1 N–H and O–H groups in total. The lowest BCUT2D eigenvalue weighted by molar-refractivity contribution is -0.120. The summed E-state index contributed by atoms with van der Waals surface area (Å²) < 4.78 is 28.2. The number of aryl methyl sites for hydroxylation is 2. The molecule has 1 amide bonds. The fraction of sp³-hybridized carbons (Fsp3) is 0.240. The van der Waals surface area contributed by atoms with Crippen molar-refractivity contribution in [3.8, 4) is 0 Å². The van der Waals surface area contributed by atoms with E-state index in [1.165, 1.54) is 24.3 Å². The third-order valence-electron chi connectivity index (χ3n) is 5.41. The van der Waals surface area contributed by atoms with Crippen LogP contribution in [0.15, 0.2) is 77.7 Å². The summed E-state index contributed by atoms with van der Waals surface area (Å²) in [4.78, 5) is 13.1. The Bertz CT molecular complexity index is 1180. The molecule has 3 rings (SSSR count). The average Bonchev–Trinajstić information content (AvgIpc) is 2.78. The highest BCUT2D eigenvalue weighted by Crippen LogP contribution is 2.27. The number of benzene rings is 3. The first-order valence-corrected chi connectivity index (χ1v) is 12.2. The molecule has 5 nitrogen and oxygen atoms in total. The Kier molecular flexibility index (Phi) is 7.59. The monoisotopic (exact) mass is 470 g/mol. The minimum absolute atomic E-state index is 0.0722. The third kappa shape index (κ3) is 5.50. The van der Waals surface area contributed by atoms with E-state index in [9.17, 15) is 13.2 Å². The van der Waals surface area contributed by atoms with E-state index in [4.69, 9.17) is 11.6 Å². The van der Waals surface area contributed by atoms with Crippen LogP contribution in [0.1, 0.15) is 36.1 Å². The molecule has 0 heterocycles. The lowest BCUT2D eigenvalue weighted by Gasteiger charge is -2.26. The number of hydrogen-bond acceptors (Lipinski definition) is 3. The van der Waals surface area contributed by atoms with Crippen molar-refractivity contribution < 1.29 is 13.2 Å². The summed E-state index contributed by atoms with van der Waals surface area (Å²) in [6.07, 6.45) is 0.684. The van der Waals surface area contributed by atoms with E-state index < -0.39 is 10.0 Å². The summed E-state index contributed by atoms with van der Waals surface area (Å²) in [6.45, 7) is 5.50. The van der Waals surface area contributed by atoms with Crippen molar-refractivity contribution in [1.82, 2.24) is 5.32 Å². The normalized spacial score (nSPS) is 12.2. The van der Waals surface area contributed by atoms with Gasteiger partial charge in [-0.3, -0.25) is 9.10 Å². The van der Waals surface area contributed by atoms with Crippen LogP contribution in [0.4, 0.5) is 5.69 Å². The summed E-state index contributed by atoms with van der Waals surface area (Å²) in [5.74, 6) is -0.378. The average molecular weight is 471 g/mol. The minimum Gasteiger partial charge on any atom is -0.348 e. The molecular weight excluding hydrogens is 444 g/mol. The van der Waals surface area contributed by atoms with Gasteiger partial charge in [0.05, 0.1) is 16.6 Å². The van der Waals surface area contributed by atoms with Gasteiger partial charge in [0, 0.05) is 5.02 Å². The maximum absolute atomic E-state index is 13.5. The zero-order valence-electron chi connectivity index (χ0n) is 18.4. The molecule has 0 saturated carbocycles. The van der Waals surface area contributed by atoms with Gasteiger partial charge in [0.15, 0.2) is 0 Å². The molecule has 0 unspecified atom stereocenters. The molecule has 7 heteroatoms. The van der Waals surface area contributed by atoms with Crippen molar-refractivity contribution in [1.29, 1.82) is 0 Å². The Morgan fingerprint density at radius 3 is 2.22 bits per heavy atom. The zero-order chi connectivity index (χ0) is 23.3. The maximum atomic E-state index is 13.5. The van der Waals surface area contributed by atoms with Crippen molar-refractivity contribution in [2.45, 2.75) is 38.1 Å². The highest BCUT2D eigenvalue weighted by molar-refractivity contribution is 7.92. The number of halogens is 1. The van der Waals surface area contributed by atoms with Gasteiger partial charge in [0.2, 0.25) is 5.91 Å². The fourth-order valence-electron chi connectivity index (χ4n) is 3.41. The number of nitrogens with zero attached hydrogens (tertiary/aromatic N) is 1. The lowest BCUT2D eigenvalue weighted by atomic mass is 10.0.